The smallest absolute Gasteiger partial charge is 0.129 e. The van der Waals surface area contributed by atoms with Crippen LogP contribution in [0.4, 0.5) is 4.39 Å². The molecule has 1 aromatic carbocycles. The van der Waals surface area contributed by atoms with Gasteiger partial charge in [0, 0.05) is 29.2 Å². The summed E-state index contributed by atoms with van der Waals surface area (Å²) in [6, 6.07) is 6.22. The van der Waals surface area contributed by atoms with E-state index in [0.717, 1.165) is 18.9 Å². The number of hydrogen-bond donors (Lipinski definition) is 1. The van der Waals surface area contributed by atoms with Gasteiger partial charge in [0.2, 0.25) is 0 Å². The van der Waals surface area contributed by atoms with Gasteiger partial charge in [0.25, 0.3) is 0 Å². The summed E-state index contributed by atoms with van der Waals surface area (Å²) in [6.45, 7) is 2.88. The third-order valence-corrected chi connectivity index (χ3v) is 4.58. The molecular weight excluding hydrogens is 263 g/mol. The molecule has 2 aliphatic rings. The van der Waals surface area contributed by atoms with Crippen molar-refractivity contribution in [1.82, 2.24) is 10.2 Å². The highest BCUT2D eigenvalue weighted by Crippen LogP contribution is 2.29. The van der Waals surface area contributed by atoms with Crippen molar-refractivity contribution >= 4 is 11.6 Å². The fraction of sp³-hybridized carbons (Fsp3) is 0.600. The summed E-state index contributed by atoms with van der Waals surface area (Å²) in [7, 11) is 0. The van der Waals surface area contributed by atoms with Crippen molar-refractivity contribution in [1.29, 1.82) is 0 Å². The second-order valence-corrected chi connectivity index (χ2v) is 6.03. The molecule has 19 heavy (non-hydrogen) atoms. The van der Waals surface area contributed by atoms with Gasteiger partial charge in [0.1, 0.15) is 5.82 Å². The normalized spacial score (nSPS) is 21.8. The van der Waals surface area contributed by atoms with Gasteiger partial charge in [-0.2, -0.15) is 0 Å². The van der Waals surface area contributed by atoms with Crippen LogP contribution < -0.4 is 5.32 Å². The molecule has 0 aromatic heterocycles. The van der Waals surface area contributed by atoms with E-state index in [-0.39, 0.29) is 5.82 Å². The first-order chi connectivity index (χ1) is 9.24. The first kappa shape index (κ1) is 13.3. The molecule has 0 amide bonds. The largest absolute Gasteiger partial charge is 0.310 e. The average Bonchev–Trinajstić information content (AvgIpc) is 3.23. The monoisotopic (exact) mass is 282 g/mol. The first-order valence-electron chi connectivity index (χ1n) is 7.14. The van der Waals surface area contributed by atoms with E-state index in [4.69, 9.17) is 11.6 Å². The number of benzene rings is 1. The maximum Gasteiger partial charge on any atom is 0.129 e. The van der Waals surface area contributed by atoms with Crippen molar-refractivity contribution < 1.29 is 4.39 Å². The highest BCUT2D eigenvalue weighted by atomic mass is 35.5. The van der Waals surface area contributed by atoms with Crippen molar-refractivity contribution in [3.05, 3.63) is 34.6 Å². The minimum atomic E-state index is -0.213. The van der Waals surface area contributed by atoms with Crippen molar-refractivity contribution in [3.8, 4) is 0 Å². The van der Waals surface area contributed by atoms with Crippen molar-refractivity contribution in [2.24, 2.45) is 0 Å². The van der Waals surface area contributed by atoms with Crippen LogP contribution in [0.15, 0.2) is 18.2 Å². The summed E-state index contributed by atoms with van der Waals surface area (Å²) in [5, 5.41) is 3.96. The Kier molecular flexibility index (Phi) is 4.06. The predicted octanol–water partition coefficient (Wildman–Crippen LogP) is 3.20. The zero-order chi connectivity index (χ0) is 13.2. The lowest BCUT2D eigenvalue weighted by Crippen LogP contribution is -2.43. The van der Waals surface area contributed by atoms with Crippen molar-refractivity contribution in [2.75, 3.05) is 13.1 Å². The number of nitrogens with one attached hydrogen (secondary N) is 1. The number of hydrogen-bond acceptors (Lipinski definition) is 2. The van der Waals surface area contributed by atoms with Crippen LogP contribution in [0, 0.1) is 5.82 Å². The number of likely N-dealkylation sites (tertiary alicyclic amines) is 1. The third kappa shape index (κ3) is 3.28. The van der Waals surface area contributed by atoms with E-state index in [1.54, 1.807) is 12.1 Å². The summed E-state index contributed by atoms with van der Waals surface area (Å²) < 4.78 is 13.6. The van der Waals surface area contributed by atoms with Crippen LogP contribution in [-0.2, 0) is 6.54 Å². The van der Waals surface area contributed by atoms with E-state index >= 15 is 0 Å². The maximum absolute atomic E-state index is 13.6. The third-order valence-electron chi connectivity index (χ3n) is 4.22. The second-order valence-electron chi connectivity index (χ2n) is 5.62. The van der Waals surface area contributed by atoms with Gasteiger partial charge in [-0.3, -0.25) is 0 Å². The quantitative estimate of drug-likeness (QED) is 0.912. The van der Waals surface area contributed by atoms with Crippen LogP contribution in [0.25, 0.3) is 0 Å². The molecule has 0 bridgehead atoms. The highest BCUT2D eigenvalue weighted by Gasteiger charge is 2.31. The number of rotatable bonds is 4. The molecular formula is C15H20ClFN2. The minimum absolute atomic E-state index is 0.213. The van der Waals surface area contributed by atoms with Gasteiger partial charge >= 0.3 is 0 Å². The Labute approximate surface area is 118 Å². The lowest BCUT2D eigenvalue weighted by molar-refractivity contribution is 0.189. The topological polar surface area (TPSA) is 15.3 Å². The maximum atomic E-state index is 13.6. The first-order valence-corrected chi connectivity index (χ1v) is 7.52. The lowest BCUT2D eigenvalue weighted by Gasteiger charge is -2.32. The van der Waals surface area contributed by atoms with E-state index in [0.29, 0.717) is 23.2 Å². The average molecular weight is 283 g/mol. The van der Waals surface area contributed by atoms with Crippen LogP contribution in [0.3, 0.4) is 0 Å². The highest BCUT2D eigenvalue weighted by molar-refractivity contribution is 6.31. The van der Waals surface area contributed by atoms with Gasteiger partial charge in [0.15, 0.2) is 0 Å². The summed E-state index contributed by atoms with van der Waals surface area (Å²) in [5.74, 6) is -0.213. The molecule has 1 aliphatic carbocycles. The van der Waals surface area contributed by atoms with Gasteiger partial charge in [-0.15, -0.1) is 0 Å². The van der Waals surface area contributed by atoms with Crippen LogP contribution in [-0.4, -0.2) is 30.1 Å². The van der Waals surface area contributed by atoms with Gasteiger partial charge in [0.05, 0.1) is 0 Å². The predicted molar refractivity (Wildman–Crippen MR) is 75.9 cm³/mol. The van der Waals surface area contributed by atoms with E-state index in [1.807, 2.05) is 0 Å². The molecule has 1 aromatic rings. The van der Waals surface area contributed by atoms with Crippen LogP contribution >= 0.6 is 11.6 Å². The van der Waals surface area contributed by atoms with E-state index < -0.39 is 0 Å². The Balaban J connectivity index is 1.50. The second kappa shape index (κ2) is 5.78. The molecule has 4 heteroatoms. The lowest BCUT2D eigenvalue weighted by atomic mass is 10.0. The standard InChI is InChI=1S/C15H20ClFN2/c16-14-2-1-3-15(17)13(14)10-18-11-6-8-19(9-7-11)12-4-5-12/h1-3,11-12,18H,4-10H2. The van der Waals surface area contributed by atoms with Crippen molar-refractivity contribution in [3.63, 3.8) is 0 Å². The molecule has 0 radical (unpaired) electrons. The number of halogens is 2. The fourth-order valence-electron chi connectivity index (χ4n) is 2.86. The molecule has 104 valence electrons. The molecule has 2 fully saturated rings. The number of nitrogens with zero attached hydrogens (tertiary/aromatic N) is 1. The van der Waals surface area contributed by atoms with E-state index in [1.165, 1.54) is 32.0 Å². The molecule has 1 saturated heterocycles. The molecule has 1 saturated carbocycles. The molecule has 1 aliphatic heterocycles. The summed E-state index contributed by atoms with van der Waals surface area (Å²) in [4.78, 5) is 2.59. The SMILES string of the molecule is Fc1cccc(Cl)c1CNC1CCN(C2CC2)CC1. The molecule has 0 spiro atoms. The van der Waals surface area contributed by atoms with Crippen LogP contribution in [0.2, 0.25) is 5.02 Å². The molecule has 1 heterocycles. The Hall–Kier alpha value is -0.640. The Bertz CT molecular complexity index is 420. The fourth-order valence-corrected chi connectivity index (χ4v) is 3.09. The summed E-state index contributed by atoms with van der Waals surface area (Å²) in [5.41, 5.74) is 0.591. The van der Waals surface area contributed by atoms with Gasteiger partial charge in [-0.05, 0) is 50.9 Å². The van der Waals surface area contributed by atoms with E-state index in [9.17, 15) is 4.39 Å². The minimum Gasteiger partial charge on any atom is -0.310 e. The molecule has 2 nitrogen and oxygen atoms in total. The van der Waals surface area contributed by atoms with Gasteiger partial charge in [-0.25, -0.2) is 4.39 Å². The number of piperidine rings is 1. The zero-order valence-electron chi connectivity index (χ0n) is 11.0. The van der Waals surface area contributed by atoms with Crippen molar-refractivity contribution in [2.45, 2.75) is 44.3 Å². The molecule has 0 atom stereocenters. The summed E-state index contributed by atoms with van der Waals surface area (Å²) >= 11 is 6.03. The van der Waals surface area contributed by atoms with Crippen LogP contribution in [0.5, 0.6) is 0 Å². The molecule has 3 rings (SSSR count). The van der Waals surface area contributed by atoms with Gasteiger partial charge < -0.3 is 10.2 Å². The van der Waals surface area contributed by atoms with E-state index in [2.05, 4.69) is 10.2 Å². The van der Waals surface area contributed by atoms with Gasteiger partial charge in [-0.1, -0.05) is 17.7 Å². The van der Waals surface area contributed by atoms with Crippen LogP contribution in [0.1, 0.15) is 31.2 Å². The molecule has 0 unspecified atom stereocenters. The Morgan fingerprint density at radius 2 is 1.95 bits per heavy atom. The Morgan fingerprint density at radius 3 is 2.58 bits per heavy atom. The zero-order valence-corrected chi connectivity index (χ0v) is 11.8. The molecule has 1 N–H and O–H groups in total. The summed E-state index contributed by atoms with van der Waals surface area (Å²) in [6.07, 6.45) is 5.07. The Morgan fingerprint density at radius 1 is 1.21 bits per heavy atom.